The van der Waals surface area contributed by atoms with Crippen LogP contribution in [0.2, 0.25) is 0 Å². The Balaban J connectivity index is 2.75. The first-order chi connectivity index (χ1) is 5.63. The summed E-state index contributed by atoms with van der Waals surface area (Å²) in [7, 11) is -0.221. The topological polar surface area (TPSA) is 87.7 Å². The molecule has 3 N–H and O–H groups in total. The first-order valence-electron chi connectivity index (χ1n) is 3.29. The summed E-state index contributed by atoms with van der Waals surface area (Å²) in [5, 5.41) is 25.5. The van der Waals surface area contributed by atoms with Crippen LogP contribution in [0.25, 0.3) is 0 Å². The molecule has 0 atom stereocenters. The van der Waals surface area contributed by atoms with Crippen molar-refractivity contribution in [3.8, 4) is 5.88 Å². The number of hydrogen-bond acceptors (Lipinski definition) is 5. The third-order valence-electron chi connectivity index (χ3n) is 1.32. The van der Waals surface area contributed by atoms with Crippen LogP contribution >= 0.6 is 0 Å². The van der Waals surface area contributed by atoms with E-state index in [1.165, 1.54) is 10.8 Å². The van der Waals surface area contributed by atoms with Gasteiger partial charge in [-0.05, 0) is 0 Å². The Morgan fingerprint density at radius 1 is 1.67 bits per heavy atom. The fraction of sp³-hybridized carbons (Fsp3) is 0.400. The van der Waals surface area contributed by atoms with Crippen LogP contribution in [0.3, 0.4) is 0 Å². The fourth-order valence-corrected chi connectivity index (χ4v) is 0.787. The zero-order chi connectivity index (χ0) is 9.14. The summed E-state index contributed by atoms with van der Waals surface area (Å²) >= 11 is 0. The molecule has 1 rings (SSSR count). The lowest BCUT2D eigenvalue weighted by Crippen LogP contribution is -2.20. The second-order valence-electron chi connectivity index (χ2n) is 2.21. The molecule has 6 nitrogen and oxygen atoms in total. The number of aliphatic hydroxyl groups is 1. The summed E-state index contributed by atoms with van der Waals surface area (Å²) in [6.07, 6.45) is 1.44. The lowest BCUT2D eigenvalue weighted by Gasteiger charge is -1.96. The highest BCUT2D eigenvalue weighted by Gasteiger charge is 2.14. The van der Waals surface area contributed by atoms with Crippen LogP contribution in [0.5, 0.6) is 5.88 Å². The van der Waals surface area contributed by atoms with Crippen molar-refractivity contribution in [1.82, 2.24) is 9.55 Å². The highest BCUT2D eigenvalue weighted by Crippen LogP contribution is 2.09. The van der Waals surface area contributed by atoms with E-state index >= 15 is 0 Å². The Hall–Kier alpha value is -1.05. The number of aryl methyl sites for hydroxylation is 1. The van der Waals surface area contributed by atoms with Gasteiger partial charge in [-0.1, -0.05) is 0 Å². The zero-order valence-corrected chi connectivity index (χ0v) is 6.51. The van der Waals surface area contributed by atoms with Gasteiger partial charge in [-0.15, -0.1) is 0 Å². The molecule has 0 saturated heterocycles. The smallest absolute Gasteiger partial charge is 0.497 e. The first kappa shape index (κ1) is 9.05. The van der Waals surface area contributed by atoms with Crippen molar-refractivity contribution in [2.24, 2.45) is 7.05 Å². The molecule has 0 amide bonds. The molecule has 0 aliphatic rings. The maximum absolute atomic E-state index is 8.70. The summed E-state index contributed by atoms with van der Waals surface area (Å²) < 4.78 is 5.97. The van der Waals surface area contributed by atoms with Gasteiger partial charge in [-0.2, -0.15) is 4.98 Å². The number of rotatable bonds is 3. The van der Waals surface area contributed by atoms with Crippen molar-refractivity contribution in [3.63, 3.8) is 0 Å². The lowest BCUT2D eigenvalue weighted by atomic mass is 10.3. The number of nitrogens with zero attached hydrogens (tertiary/aromatic N) is 2. The van der Waals surface area contributed by atoms with Crippen molar-refractivity contribution in [2.45, 2.75) is 6.61 Å². The predicted molar refractivity (Wildman–Crippen MR) is 40.0 cm³/mol. The molecule has 0 aliphatic carbocycles. The fourth-order valence-electron chi connectivity index (χ4n) is 0.787. The van der Waals surface area contributed by atoms with E-state index in [0.717, 1.165) is 0 Å². The van der Waals surface area contributed by atoms with Gasteiger partial charge in [0.15, 0.2) is 0 Å². The molecule has 1 aromatic rings. The lowest BCUT2D eigenvalue weighted by molar-refractivity contribution is 0.264. The van der Waals surface area contributed by atoms with Gasteiger partial charge >= 0.3 is 7.32 Å². The molecule has 0 unspecified atom stereocenters. The largest absolute Gasteiger partial charge is 0.708 e. The van der Waals surface area contributed by atoms with Crippen LogP contribution in [0.4, 0.5) is 0 Å². The molecule has 0 radical (unpaired) electrons. The van der Waals surface area contributed by atoms with Crippen molar-refractivity contribution < 1.29 is 19.8 Å². The third kappa shape index (κ3) is 1.97. The molecule has 1 aromatic heterocycles. The average molecular weight is 172 g/mol. The van der Waals surface area contributed by atoms with E-state index in [4.69, 9.17) is 15.2 Å². The summed E-state index contributed by atoms with van der Waals surface area (Å²) in [5.41, 5.74) is 0. The Bertz CT molecular complexity index is 262. The molecule has 0 bridgehead atoms. The van der Waals surface area contributed by atoms with E-state index < -0.39 is 7.32 Å². The highest BCUT2D eigenvalue weighted by molar-refractivity contribution is 6.33. The SMILES string of the molecule is Cn1cc(OB(O)O)nc1CO. The number of aliphatic hydroxyl groups excluding tert-OH is 1. The highest BCUT2D eigenvalue weighted by atomic mass is 16.6. The van der Waals surface area contributed by atoms with Crippen LogP contribution < -0.4 is 4.65 Å². The van der Waals surface area contributed by atoms with Crippen LogP contribution in [-0.4, -0.2) is 32.0 Å². The molecule has 7 heteroatoms. The summed E-state index contributed by atoms with van der Waals surface area (Å²) in [6, 6.07) is 0. The first-order valence-corrected chi connectivity index (χ1v) is 3.29. The minimum absolute atomic E-state index is 0.0663. The van der Waals surface area contributed by atoms with Gasteiger partial charge in [-0.3, -0.25) is 0 Å². The number of imidazole rings is 1. The molecular formula is C5H9BN2O4. The Kier molecular flexibility index (Phi) is 2.69. The van der Waals surface area contributed by atoms with E-state index in [2.05, 4.69) is 9.64 Å². The molecule has 66 valence electrons. The minimum Gasteiger partial charge on any atom is -0.497 e. The van der Waals surface area contributed by atoms with Crippen molar-refractivity contribution in [3.05, 3.63) is 12.0 Å². The molecule has 0 aromatic carbocycles. The Morgan fingerprint density at radius 3 is 2.75 bits per heavy atom. The second-order valence-corrected chi connectivity index (χ2v) is 2.21. The zero-order valence-electron chi connectivity index (χ0n) is 6.51. The third-order valence-corrected chi connectivity index (χ3v) is 1.32. The molecule has 0 fully saturated rings. The van der Waals surface area contributed by atoms with Crippen LogP contribution in [0.1, 0.15) is 5.82 Å². The summed E-state index contributed by atoms with van der Waals surface area (Å²) in [4.78, 5) is 3.74. The molecule has 12 heavy (non-hydrogen) atoms. The van der Waals surface area contributed by atoms with E-state index in [1.54, 1.807) is 7.05 Å². The van der Waals surface area contributed by atoms with Crippen molar-refractivity contribution >= 4 is 7.32 Å². The molecular weight excluding hydrogens is 163 g/mol. The number of hydrogen-bond donors (Lipinski definition) is 3. The second kappa shape index (κ2) is 3.57. The predicted octanol–water partition coefficient (Wildman–Crippen LogP) is -1.74. The van der Waals surface area contributed by atoms with Gasteiger partial charge in [0.1, 0.15) is 12.4 Å². The van der Waals surface area contributed by atoms with E-state index in [-0.39, 0.29) is 12.5 Å². The quantitative estimate of drug-likeness (QED) is 0.471. The monoisotopic (exact) mass is 172 g/mol. The van der Waals surface area contributed by atoms with Gasteiger partial charge in [0.2, 0.25) is 5.88 Å². The van der Waals surface area contributed by atoms with Gasteiger partial charge in [-0.25, -0.2) is 0 Å². The van der Waals surface area contributed by atoms with Gasteiger partial charge in [0.25, 0.3) is 0 Å². The van der Waals surface area contributed by atoms with Gasteiger partial charge in [0, 0.05) is 7.05 Å². The van der Waals surface area contributed by atoms with Gasteiger partial charge < -0.3 is 24.4 Å². The average Bonchev–Trinajstić information content (AvgIpc) is 2.29. The van der Waals surface area contributed by atoms with Crippen LogP contribution in [0.15, 0.2) is 6.20 Å². The van der Waals surface area contributed by atoms with E-state index in [0.29, 0.717) is 5.82 Å². The summed E-state index contributed by atoms with van der Waals surface area (Å²) in [6.45, 7) is -0.221. The van der Waals surface area contributed by atoms with Crippen LogP contribution in [-0.2, 0) is 13.7 Å². The Labute approximate surface area is 69.2 Å². The molecule has 0 aliphatic heterocycles. The Morgan fingerprint density at radius 2 is 2.33 bits per heavy atom. The molecule has 0 spiro atoms. The van der Waals surface area contributed by atoms with Crippen LogP contribution in [0, 0.1) is 0 Å². The maximum atomic E-state index is 8.70. The maximum Gasteiger partial charge on any atom is 0.708 e. The van der Waals surface area contributed by atoms with E-state index in [1.807, 2.05) is 0 Å². The van der Waals surface area contributed by atoms with E-state index in [9.17, 15) is 0 Å². The summed E-state index contributed by atoms with van der Waals surface area (Å²) in [5.74, 6) is 0.460. The normalized spacial score (nSPS) is 10.0. The standard InChI is InChI=1S/C5H9BN2O4/c1-8-2-5(12-6(10)11)7-4(8)3-9/h2,9-11H,3H2,1H3. The van der Waals surface area contributed by atoms with Gasteiger partial charge in [0.05, 0.1) is 6.20 Å². The van der Waals surface area contributed by atoms with Crippen molar-refractivity contribution in [2.75, 3.05) is 0 Å². The number of aromatic nitrogens is 2. The minimum atomic E-state index is -1.88. The molecule has 1 heterocycles. The van der Waals surface area contributed by atoms with Crippen molar-refractivity contribution in [1.29, 1.82) is 0 Å². The molecule has 0 saturated carbocycles.